The van der Waals surface area contributed by atoms with Gasteiger partial charge in [-0.3, -0.25) is 4.79 Å². The highest BCUT2D eigenvalue weighted by Crippen LogP contribution is 2.25. The molecule has 8 heteroatoms. The van der Waals surface area contributed by atoms with Gasteiger partial charge in [-0.2, -0.15) is 0 Å². The summed E-state index contributed by atoms with van der Waals surface area (Å²) in [7, 11) is 0. The number of alkyl carbamates (subject to hydrolysis) is 1. The lowest BCUT2D eigenvalue weighted by atomic mass is 9.92. The summed E-state index contributed by atoms with van der Waals surface area (Å²) < 4.78 is 11.3. The van der Waals surface area contributed by atoms with Crippen LogP contribution in [0.3, 0.4) is 0 Å². The van der Waals surface area contributed by atoms with Crippen molar-refractivity contribution in [1.29, 1.82) is 0 Å². The number of hydrogen-bond donors (Lipinski definition) is 2. The maximum absolute atomic E-state index is 13.8. The number of carbonyl (C=O) groups is 3. The predicted octanol–water partition coefficient (Wildman–Crippen LogP) is 4.34. The summed E-state index contributed by atoms with van der Waals surface area (Å²) in [5.41, 5.74) is 1.48. The van der Waals surface area contributed by atoms with Crippen molar-refractivity contribution >= 4 is 18.0 Å². The molecule has 194 valence electrons. The highest BCUT2D eigenvalue weighted by Gasteiger charge is 2.38. The van der Waals surface area contributed by atoms with E-state index in [9.17, 15) is 19.5 Å². The molecule has 2 N–H and O–H groups in total. The van der Waals surface area contributed by atoms with Crippen molar-refractivity contribution in [3.8, 4) is 5.75 Å². The molecule has 0 saturated heterocycles. The maximum Gasteiger partial charge on any atom is 0.408 e. The molecule has 0 aromatic heterocycles. The van der Waals surface area contributed by atoms with Crippen LogP contribution in [0, 0.1) is 0 Å². The first-order valence-corrected chi connectivity index (χ1v) is 12.1. The van der Waals surface area contributed by atoms with E-state index in [1.165, 1.54) is 4.90 Å². The Labute approximate surface area is 212 Å². The second-order valence-corrected chi connectivity index (χ2v) is 11.1. The van der Waals surface area contributed by atoms with Gasteiger partial charge in [0.05, 0.1) is 0 Å². The van der Waals surface area contributed by atoms with Crippen molar-refractivity contribution in [2.45, 2.75) is 84.2 Å². The van der Waals surface area contributed by atoms with Crippen molar-refractivity contribution in [2.24, 2.45) is 0 Å². The highest BCUT2D eigenvalue weighted by atomic mass is 16.6. The van der Waals surface area contributed by atoms with Crippen LogP contribution in [0.4, 0.5) is 4.79 Å². The Kier molecular flexibility index (Phi) is 7.96. The summed E-state index contributed by atoms with van der Waals surface area (Å²) >= 11 is 0. The lowest BCUT2D eigenvalue weighted by Crippen LogP contribution is -2.56. The largest absolute Gasteiger partial charge is 0.488 e. The molecular formula is C28H36N2O6. The summed E-state index contributed by atoms with van der Waals surface area (Å²) in [6.07, 6.45) is -0.369. The average Bonchev–Trinajstić information content (AvgIpc) is 2.76. The van der Waals surface area contributed by atoms with Gasteiger partial charge < -0.3 is 24.8 Å². The third-order valence-electron chi connectivity index (χ3n) is 5.59. The van der Waals surface area contributed by atoms with E-state index in [2.05, 4.69) is 5.32 Å². The van der Waals surface area contributed by atoms with Crippen molar-refractivity contribution in [2.75, 3.05) is 0 Å². The molecule has 0 spiro atoms. The van der Waals surface area contributed by atoms with Gasteiger partial charge in [0.25, 0.3) is 0 Å². The van der Waals surface area contributed by atoms with Gasteiger partial charge >= 0.3 is 12.1 Å². The van der Waals surface area contributed by atoms with E-state index in [0.29, 0.717) is 5.75 Å². The van der Waals surface area contributed by atoms with Crippen LogP contribution >= 0.6 is 0 Å². The maximum atomic E-state index is 13.8. The third-order valence-corrected chi connectivity index (χ3v) is 5.59. The zero-order chi connectivity index (χ0) is 26.7. The van der Waals surface area contributed by atoms with Crippen LogP contribution in [-0.4, -0.2) is 51.3 Å². The molecule has 2 atom stereocenters. The van der Waals surface area contributed by atoms with E-state index < -0.39 is 35.7 Å². The summed E-state index contributed by atoms with van der Waals surface area (Å²) in [5, 5.41) is 12.6. The third kappa shape index (κ3) is 7.47. The predicted molar refractivity (Wildman–Crippen MR) is 136 cm³/mol. The summed E-state index contributed by atoms with van der Waals surface area (Å²) in [5.74, 6) is -0.872. The number of fused-ring (bicyclic) bond motifs is 1. The molecule has 3 rings (SSSR count). The van der Waals surface area contributed by atoms with Gasteiger partial charge in [-0.1, -0.05) is 36.4 Å². The second kappa shape index (κ2) is 10.6. The number of aliphatic carboxylic acids is 1. The monoisotopic (exact) mass is 496 g/mol. The van der Waals surface area contributed by atoms with Crippen LogP contribution in [0.5, 0.6) is 5.75 Å². The van der Waals surface area contributed by atoms with E-state index in [0.717, 1.165) is 16.7 Å². The molecule has 0 fully saturated rings. The Hall–Kier alpha value is -3.55. The fourth-order valence-electron chi connectivity index (χ4n) is 4.11. The quantitative estimate of drug-likeness (QED) is 0.617. The summed E-state index contributed by atoms with van der Waals surface area (Å²) in [6.45, 7) is 11.2. The number of ether oxygens (including phenoxy) is 2. The molecule has 2 aromatic rings. The minimum atomic E-state index is -1.09. The number of carboxylic acids is 1. The molecule has 0 radical (unpaired) electrons. The van der Waals surface area contributed by atoms with Crippen LogP contribution in [-0.2, 0) is 33.7 Å². The molecule has 2 aromatic carbocycles. The topological polar surface area (TPSA) is 105 Å². The Morgan fingerprint density at radius 2 is 1.58 bits per heavy atom. The fourth-order valence-corrected chi connectivity index (χ4v) is 4.11. The Morgan fingerprint density at radius 3 is 2.14 bits per heavy atom. The first-order chi connectivity index (χ1) is 16.7. The number of amides is 2. The van der Waals surface area contributed by atoms with Crippen LogP contribution in [0.2, 0.25) is 0 Å². The normalized spacial score (nSPS) is 16.5. The molecule has 0 unspecified atom stereocenters. The van der Waals surface area contributed by atoms with Gasteiger partial charge in [-0.25, -0.2) is 9.59 Å². The summed E-state index contributed by atoms with van der Waals surface area (Å²) in [6, 6.07) is 12.7. The van der Waals surface area contributed by atoms with Gasteiger partial charge in [-0.05, 0) is 70.4 Å². The highest BCUT2D eigenvalue weighted by molar-refractivity contribution is 5.90. The molecule has 1 aliphatic rings. The average molecular weight is 497 g/mol. The Bertz CT molecular complexity index is 1100. The molecule has 36 heavy (non-hydrogen) atoms. The Balaban J connectivity index is 1.87. The lowest BCUT2D eigenvalue weighted by molar-refractivity contribution is -0.152. The zero-order valence-corrected chi connectivity index (χ0v) is 21.8. The molecule has 0 bridgehead atoms. The van der Waals surface area contributed by atoms with Crippen molar-refractivity contribution in [1.82, 2.24) is 10.2 Å². The van der Waals surface area contributed by atoms with Crippen LogP contribution in [0.25, 0.3) is 0 Å². The van der Waals surface area contributed by atoms with Gasteiger partial charge in [0.2, 0.25) is 5.91 Å². The number of rotatable bonds is 6. The number of carbonyl (C=O) groups excluding carboxylic acids is 2. The standard InChI is InChI=1S/C28H36N2O6/c1-27(2,3)35-21-13-11-18(12-14-21)15-22(29-26(34)36-28(4,5)6)24(31)30-17-20-10-8-7-9-19(20)16-23(30)25(32)33/h7-14,22-23H,15-17H2,1-6H3,(H,29,34)(H,32,33)/t22-,23-/m0/s1. The van der Waals surface area contributed by atoms with Crippen molar-refractivity contribution in [3.05, 3.63) is 65.2 Å². The number of nitrogens with zero attached hydrogens (tertiary/aromatic N) is 1. The fraction of sp³-hybridized carbons (Fsp3) is 0.464. The Morgan fingerprint density at radius 1 is 0.972 bits per heavy atom. The number of nitrogens with one attached hydrogen (secondary N) is 1. The van der Waals surface area contributed by atoms with E-state index in [4.69, 9.17) is 9.47 Å². The van der Waals surface area contributed by atoms with Crippen molar-refractivity contribution in [3.63, 3.8) is 0 Å². The second-order valence-electron chi connectivity index (χ2n) is 11.1. The molecule has 1 aliphatic heterocycles. The van der Waals surface area contributed by atoms with E-state index in [-0.39, 0.29) is 25.0 Å². The molecule has 2 amide bonds. The number of benzene rings is 2. The molecule has 1 heterocycles. The van der Waals surface area contributed by atoms with Gasteiger partial charge in [0, 0.05) is 19.4 Å². The van der Waals surface area contributed by atoms with Gasteiger partial charge in [0.15, 0.2) is 0 Å². The molecule has 8 nitrogen and oxygen atoms in total. The SMILES string of the molecule is CC(C)(C)OC(=O)N[C@@H](Cc1ccc(OC(C)(C)C)cc1)C(=O)N1Cc2ccccc2C[C@H]1C(=O)O. The first-order valence-electron chi connectivity index (χ1n) is 12.1. The van der Waals surface area contributed by atoms with Gasteiger partial charge in [0.1, 0.15) is 29.0 Å². The molecule has 0 saturated carbocycles. The number of hydrogen-bond acceptors (Lipinski definition) is 5. The lowest BCUT2D eigenvalue weighted by Gasteiger charge is -2.37. The van der Waals surface area contributed by atoms with E-state index in [1.54, 1.807) is 20.8 Å². The zero-order valence-electron chi connectivity index (χ0n) is 21.8. The van der Waals surface area contributed by atoms with E-state index in [1.807, 2.05) is 69.3 Å². The minimum Gasteiger partial charge on any atom is -0.488 e. The smallest absolute Gasteiger partial charge is 0.408 e. The number of carboxylic acid groups (broad SMARTS) is 1. The van der Waals surface area contributed by atoms with Crippen LogP contribution < -0.4 is 10.1 Å². The molecular weight excluding hydrogens is 460 g/mol. The summed E-state index contributed by atoms with van der Waals surface area (Å²) in [4.78, 5) is 39.8. The molecule has 0 aliphatic carbocycles. The van der Waals surface area contributed by atoms with Crippen molar-refractivity contribution < 1.29 is 29.0 Å². The first kappa shape index (κ1) is 27.0. The van der Waals surface area contributed by atoms with E-state index >= 15 is 0 Å². The van der Waals surface area contributed by atoms with Gasteiger partial charge in [-0.15, -0.1) is 0 Å². The van der Waals surface area contributed by atoms with Crippen LogP contribution in [0.15, 0.2) is 48.5 Å². The minimum absolute atomic E-state index is 0.150. The van der Waals surface area contributed by atoms with Crippen LogP contribution in [0.1, 0.15) is 58.2 Å².